The summed E-state index contributed by atoms with van der Waals surface area (Å²) in [4.78, 5) is 2.56. The standard InChI is InChI=1S/C17H25NO2/c1-2-11-20-13-5-4-10-18(12-13)16-9-8-15-14(16)6-3-7-17(15)19/h3,6-7,13,16,19H,2,4-5,8-12H2,1H3. The van der Waals surface area contributed by atoms with Gasteiger partial charge in [-0.15, -0.1) is 0 Å². The quantitative estimate of drug-likeness (QED) is 0.915. The lowest BCUT2D eigenvalue weighted by Crippen LogP contribution is -2.41. The largest absolute Gasteiger partial charge is 0.508 e. The van der Waals surface area contributed by atoms with Gasteiger partial charge in [0, 0.05) is 19.2 Å². The molecule has 3 heteroatoms. The van der Waals surface area contributed by atoms with Crippen LogP contribution >= 0.6 is 0 Å². The zero-order valence-corrected chi connectivity index (χ0v) is 12.3. The molecular formula is C17H25NO2. The summed E-state index contributed by atoms with van der Waals surface area (Å²) in [7, 11) is 0. The van der Waals surface area contributed by atoms with Gasteiger partial charge in [-0.1, -0.05) is 19.1 Å². The fourth-order valence-electron chi connectivity index (χ4n) is 3.66. The van der Waals surface area contributed by atoms with Crippen molar-refractivity contribution in [2.75, 3.05) is 19.7 Å². The van der Waals surface area contributed by atoms with Crippen molar-refractivity contribution < 1.29 is 9.84 Å². The van der Waals surface area contributed by atoms with Crippen LogP contribution in [0.4, 0.5) is 0 Å². The van der Waals surface area contributed by atoms with Crippen molar-refractivity contribution in [3.05, 3.63) is 29.3 Å². The fraction of sp³-hybridized carbons (Fsp3) is 0.647. The molecule has 3 nitrogen and oxygen atoms in total. The molecule has 0 amide bonds. The maximum atomic E-state index is 9.97. The molecule has 2 unspecified atom stereocenters. The first kappa shape index (κ1) is 13.9. The van der Waals surface area contributed by atoms with E-state index in [1.807, 2.05) is 12.1 Å². The Bertz CT molecular complexity index is 460. The van der Waals surface area contributed by atoms with Crippen LogP contribution in [0.15, 0.2) is 18.2 Å². The second kappa shape index (κ2) is 6.15. The molecule has 0 radical (unpaired) electrons. The van der Waals surface area contributed by atoms with Crippen LogP contribution in [0.3, 0.4) is 0 Å². The van der Waals surface area contributed by atoms with Gasteiger partial charge in [0.2, 0.25) is 0 Å². The Morgan fingerprint density at radius 2 is 2.25 bits per heavy atom. The zero-order valence-electron chi connectivity index (χ0n) is 12.3. The van der Waals surface area contributed by atoms with E-state index in [2.05, 4.69) is 17.9 Å². The summed E-state index contributed by atoms with van der Waals surface area (Å²) in [5.74, 6) is 0.473. The van der Waals surface area contributed by atoms with E-state index in [1.54, 1.807) is 0 Å². The number of hydrogen-bond donors (Lipinski definition) is 1. The lowest BCUT2D eigenvalue weighted by Gasteiger charge is -2.37. The first-order chi connectivity index (χ1) is 9.79. The molecule has 0 aromatic heterocycles. The van der Waals surface area contributed by atoms with Crippen LogP contribution in [-0.4, -0.2) is 35.8 Å². The molecule has 1 aliphatic carbocycles. The molecule has 1 fully saturated rings. The first-order valence-corrected chi connectivity index (χ1v) is 7.96. The van der Waals surface area contributed by atoms with E-state index in [4.69, 9.17) is 4.74 Å². The third kappa shape index (κ3) is 2.70. The molecule has 0 spiro atoms. The van der Waals surface area contributed by atoms with Crippen molar-refractivity contribution in [2.45, 2.75) is 51.2 Å². The molecule has 110 valence electrons. The molecule has 2 aliphatic rings. The van der Waals surface area contributed by atoms with Crippen molar-refractivity contribution in [3.8, 4) is 5.75 Å². The summed E-state index contributed by atoms with van der Waals surface area (Å²) in [6.45, 7) is 5.24. The summed E-state index contributed by atoms with van der Waals surface area (Å²) < 4.78 is 5.94. The minimum Gasteiger partial charge on any atom is -0.508 e. The molecule has 3 rings (SSSR count). The van der Waals surface area contributed by atoms with E-state index >= 15 is 0 Å². The number of likely N-dealkylation sites (tertiary alicyclic amines) is 1. The highest BCUT2D eigenvalue weighted by Crippen LogP contribution is 2.40. The Morgan fingerprint density at radius 1 is 1.35 bits per heavy atom. The second-order valence-corrected chi connectivity index (χ2v) is 6.03. The first-order valence-electron chi connectivity index (χ1n) is 7.96. The Morgan fingerprint density at radius 3 is 3.10 bits per heavy atom. The van der Waals surface area contributed by atoms with Crippen molar-refractivity contribution in [1.82, 2.24) is 4.90 Å². The smallest absolute Gasteiger partial charge is 0.119 e. The van der Waals surface area contributed by atoms with Crippen LogP contribution in [0.25, 0.3) is 0 Å². The number of rotatable bonds is 4. The van der Waals surface area contributed by atoms with E-state index in [-0.39, 0.29) is 0 Å². The molecule has 1 heterocycles. The summed E-state index contributed by atoms with van der Waals surface area (Å²) in [5.41, 5.74) is 2.50. The Labute approximate surface area is 121 Å². The van der Waals surface area contributed by atoms with Crippen LogP contribution in [0.1, 0.15) is 49.8 Å². The van der Waals surface area contributed by atoms with Crippen molar-refractivity contribution in [3.63, 3.8) is 0 Å². The summed E-state index contributed by atoms with van der Waals surface area (Å²) >= 11 is 0. The van der Waals surface area contributed by atoms with Gasteiger partial charge >= 0.3 is 0 Å². The van der Waals surface area contributed by atoms with Gasteiger partial charge in [0.15, 0.2) is 0 Å². The Balaban J connectivity index is 1.70. The van der Waals surface area contributed by atoms with Gasteiger partial charge in [-0.3, -0.25) is 4.90 Å². The monoisotopic (exact) mass is 275 g/mol. The molecule has 1 aromatic carbocycles. The third-order valence-corrected chi connectivity index (χ3v) is 4.62. The molecule has 1 aromatic rings. The van der Waals surface area contributed by atoms with Gasteiger partial charge in [-0.05, 0) is 55.8 Å². The maximum absolute atomic E-state index is 9.97. The topological polar surface area (TPSA) is 32.7 Å². The molecule has 1 saturated heterocycles. The van der Waals surface area contributed by atoms with Crippen LogP contribution in [-0.2, 0) is 11.2 Å². The van der Waals surface area contributed by atoms with Crippen LogP contribution in [0.2, 0.25) is 0 Å². The van der Waals surface area contributed by atoms with Crippen LogP contribution in [0, 0.1) is 0 Å². The highest BCUT2D eigenvalue weighted by atomic mass is 16.5. The van der Waals surface area contributed by atoms with Crippen molar-refractivity contribution in [1.29, 1.82) is 0 Å². The minimum atomic E-state index is 0.394. The SMILES string of the molecule is CCCOC1CCCN(C2CCc3c(O)cccc32)C1. The molecule has 0 bridgehead atoms. The van der Waals surface area contributed by atoms with Crippen molar-refractivity contribution >= 4 is 0 Å². The number of phenolic OH excluding ortho intramolecular Hbond substituents is 1. The minimum absolute atomic E-state index is 0.394. The summed E-state index contributed by atoms with van der Waals surface area (Å²) in [5, 5.41) is 9.97. The number of benzene rings is 1. The van der Waals surface area contributed by atoms with Crippen LogP contribution in [0.5, 0.6) is 5.75 Å². The molecular weight excluding hydrogens is 250 g/mol. The van der Waals surface area contributed by atoms with Gasteiger partial charge in [-0.25, -0.2) is 0 Å². The number of aromatic hydroxyl groups is 1. The Hall–Kier alpha value is -1.06. The van der Waals surface area contributed by atoms with Gasteiger partial charge in [0.1, 0.15) is 5.75 Å². The normalized spacial score (nSPS) is 26.6. The van der Waals surface area contributed by atoms with Gasteiger partial charge in [-0.2, -0.15) is 0 Å². The molecule has 20 heavy (non-hydrogen) atoms. The fourth-order valence-corrected chi connectivity index (χ4v) is 3.66. The number of ether oxygens (including phenoxy) is 1. The van der Waals surface area contributed by atoms with E-state index in [1.165, 1.54) is 18.4 Å². The number of piperidine rings is 1. The number of nitrogens with zero attached hydrogens (tertiary/aromatic N) is 1. The van der Waals surface area contributed by atoms with Gasteiger partial charge in [0.25, 0.3) is 0 Å². The summed E-state index contributed by atoms with van der Waals surface area (Å²) in [6, 6.07) is 6.44. The maximum Gasteiger partial charge on any atom is 0.119 e. The van der Waals surface area contributed by atoms with E-state index < -0.39 is 0 Å². The predicted octanol–water partition coefficient (Wildman–Crippen LogP) is 3.27. The third-order valence-electron chi connectivity index (χ3n) is 4.62. The van der Waals surface area contributed by atoms with Crippen LogP contribution < -0.4 is 0 Å². The van der Waals surface area contributed by atoms with E-state index in [9.17, 15) is 5.11 Å². The molecule has 1 N–H and O–H groups in total. The van der Waals surface area contributed by atoms with Gasteiger partial charge in [0.05, 0.1) is 6.10 Å². The zero-order chi connectivity index (χ0) is 13.9. The average molecular weight is 275 g/mol. The Kier molecular flexibility index (Phi) is 4.27. The summed E-state index contributed by atoms with van der Waals surface area (Å²) in [6.07, 6.45) is 6.04. The number of hydrogen-bond acceptors (Lipinski definition) is 3. The highest BCUT2D eigenvalue weighted by molar-refractivity contribution is 5.44. The molecule has 0 saturated carbocycles. The molecule has 1 aliphatic heterocycles. The number of phenols is 1. The highest BCUT2D eigenvalue weighted by Gasteiger charge is 2.32. The lowest BCUT2D eigenvalue weighted by molar-refractivity contribution is -0.0127. The number of fused-ring (bicyclic) bond motifs is 1. The average Bonchev–Trinajstić information content (AvgIpc) is 2.91. The molecule has 2 atom stereocenters. The second-order valence-electron chi connectivity index (χ2n) is 6.03. The van der Waals surface area contributed by atoms with E-state index in [0.717, 1.165) is 44.5 Å². The predicted molar refractivity (Wildman–Crippen MR) is 80.0 cm³/mol. The van der Waals surface area contributed by atoms with Crippen molar-refractivity contribution in [2.24, 2.45) is 0 Å². The van der Waals surface area contributed by atoms with Gasteiger partial charge < -0.3 is 9.84 Å². The lowest BCUT2D eigenvalue weighted by atomic mass is 10.0. The van der Waals surface area contributed by atoms with E-state index in [0.29, 0.717) is 17.9 Å².